The van der Waals surface area contributed by atoms with Crippen LogP contribution >= 0.6 is 11.3 Å². The van der Waals surface area contributed by atoms with E-state index in [1.807, 2.05) is 13.0 Å². The van der Waals surface area contributed by atoms with E-state index in [-0.39, 0.29) is 47.0 Å². The summed E-state index contributed by atoms with van der Waals surface area (Å²) in [6.45, 7) is 3.67. The second-order valence-electron chi connectivity index (χ2n) is 9.50. The fourth-order valence-corrected chi connectivity index (χ4v) is 6.63. The summed E-state index contributed by atoms with van der Waals surface area (Å²) in [5, 5.41) is 17.0. The van der Waals surface area contributed by atoms with Crippen LogP contribution in [-0.2, 0) is 10.0 Å². The lowest BCUT2D eigenvalue weighted by molar-refractivity contribution is 0.0387. The number of aliphatic hydroxyl groups is 1. The number of anilines is 2. The van der Waals surface area contributed by atoms with Crippen LogP contribution in [0, 0.1) is 5.92 Å². The number of para-hydroxylation sites is 1. The zero-order chi connectivity index (χ0) is 28.2. The summed E-state index contributed by atoms with van der Waals surface area (Å²) in [5.74, 6) is -0.349. The van der Waals surface area contributed by atoms with Crippen molar-refractivity contribution in [3.63, 3.8) is 0 Å². The molecule has 10 nitrogen and oxygen atoms in total. The monoisotopic (exact) mass is 572 g/mol. The van der Waals surface area contributed by atoms with Crippen LogP contribution in [0.5, 0.6) is 5.75 Å². The van der Waals surface area contributed by atoms with Gasteiger partial charge in [0, 0.05) is 30.9 Å². The predicted molar refractivity (Wildman–Crippen MR) is 151 cm³/mol. The summed E-state index contributed by atoms with van der Waals surface area (Å²) in [7, 11) is -2.21. The van der Waals surface area contributed by atoms with Gasteiger partial charge >= 0.3 is 6.03 Å². The highest BCUT2D eigenvalue weighted by Gasteiger charge is 2.35. The van der Waals surface area contributed by atoms with Gasteiger partial charge in [0.15, 0.2) is 0 Å². The number of carbonyl (C=O) groups excluding carboxylic acids is 2. The number of benzene rings is 2. The minimum absolute atomic E-state index is 0.0514. The molecular formula is C27H32N4O6S2. The number of hydrogen-bond donors (Lipinski definition) is 3. The minimum Gasteiger partial charge on any atom is -0.488 e. The summed E-state index contributed by atoms with van der Waals surface area (Å²) in [5.41, 5.74) is 1.19. The van der Waals surface area contributed by atoms with Crippen LogP contribution in [0.25, 0.3) is 0 Å². The Morgan fingerprint density at radius 3 is 2.54 bits per heavy atom. The summed E-state index contributed by atoms with van der Waals surface area (Å²) >= 11 is 1.14. The predicted octanol–water partition coefficient (Wildman–Crippen LogP) is 3.93. The molecule has 0 radical (unpaired) electrons. The topological polar surface area (TPSA) is 128 Å². The van der Waals surface area contributed by atoms with E-state index in [0.29, 0.717) is 11.4 Å². The van der Waals surface area contributed by atoms with E-state index in [1.54, 1.807) is 65.7 Å². The van der Waals surface area contributed by atoms with Crippen LogP contribution in [0.15, 0.2) is 70.3 Å². The van der Waals surface area contributed by atoms with Gasteiger partial charge < -0.3 is 25.4 Å². The third-order valence-electron chi connectivity index (χ3n) is 6.55. The normalized spacial score (nSPS) is 18.5. The second kappa shape index (κ2) is 12.2. The van der Waals surface area contributed by atoms with E-state index < -0.39 is 28.2 Å². The fourth-order valence-electron chi connectivity index (χ4n) is 4.25. The maximum absolute atomic E-state index is 13.6. The molecule has 3 aromatic rings. The van der Waals surface area contributed by atoms with Crippen molar-refractivity contribution in [1.82, 2.24) is 9.21 Å². The molecule has 2 aromatic carbocycles. The molecule has 2 heterocycles. The number of hydrogen-bond acceptors (Lipinski definition) is 7. The Morgan fingerprint density at radius 1 is 1.15 bits per heavy atom. The molecule has 1 aliphatic rings. The number of fused-ring (bicyclic) bond motifs is 1. The lowest BCUT2D eigenvalue weighted by Crippen LogP contribution is -2.50. The highest BCUT2D eigenvalue weighted by atomic mass is 32.2. The van der Waals surface area contributed by atoms with Gasteiger partial charge in [0.25, 0.3) is 15.9 Å². The number of rotatable bonds is 8. The molecular weight excluding hydrogens is 540 g/mol. The molecule has 3 atom stereocenters. The molecule has 0 spiro atoms. The first-order chi connectivity index (χ1) is 18.6. The number of carbonyl (C=O) groups is 2. The fraction of sp³-hybridized carbons (Fsp3) is 0.333. The molecule has 208 valence electrons. The average Bonchev–Trinajstić information content (AvgIpc) is 3.47. The Balaban J connectivity index is 1.61. The van der Waals surface area contributed by atoms with E-state index in [4.69, 9.17) is 4.74 Å². The van der Waals surface area contributed by atoms with Crippen molar-refractivity contribution in [2.75, 3.05) is 37.4 Å². The molecule has 0 saturated carbocycles. The zero-order valence-corrected chi connectivity index (χ0v) is 23.5. The maximum atomic E-state index is 13.6. The molecule has 4 rings (SSSR count). The lowest BCUT2D eigenvalue weighted by atomic mass is 9.99. The Morgan fingerprint density at radius 2 is 1.87 bits per heavy atom. The molecule has 0 unspecified atom stereocenters. The first-order valence-electron chi connectivity index (χ1n) is 12.5. The Kier molecular flexibility index (Phi) is 8.90. The Labute approximate surface area is 232 Å². The zero-order valence-electron chi connectivity index (χ0n) is 21.9. The molecule has 3 amide bonds. The third-order valence-corrected chi connectivity index (χ3v) is 9.75. The average molecular weight is 573 g/mol. The van der Waals surface area contributed by atoms with Crippen LogP contribution in [0.4, 0.5) is 16.2 Å². The quantitative estimate of drug-likeness (QED) is 0.375. The van der Waals surface area contributed by atoms with Crippen molar-refractivity contribution >= 4 is 44.7 Å². The van der Waals surface area contributed by atoms with Crippen LogP contribution in [-0.4, -0.2) is 73.6 Å². The molecule has 39 heavy (non-hydrogen) atoms. The van der Waals surface area contributed by atoms with Gasteiger partial charge in [-0.1, -0.05) is 31.2 Å². The van der Waals surface area contributed by atoms with Gasteiger partial charge in [-0.05, 0) is 48.7 Å². The van der Waals surface area contributed by atoms with Gasteiger partial charge in [0.2, 0.25) is 0 Å². The summed E-state index contributed by atoms with van der Waals surface area (Å²) in [6, 6.07) is 15.9. The van der Waals surface area contributed by atoms with Crippen LogP contribution in [0.2, 0.25) is 0 Å². The van der Waals surface area contributed by atoms with Gasteiger partial charge in [-0.25, -0.2) is 13.2 Å². The highest BCUT2D eigenvalue weighted by molar-refractivity contribution is 7.91. The molecule has 0 bridgehead atoms. The number of urea groups is 1. The first-order valence-corrected chi connectivity index (χ1v) is 14.8. The Bertz CT molecular complexity index is 1400. The van der Waals surface area contributed by atoms with Crippen LogP contribution in [0.1, 0.15) is 24.2 Å². The minimum atomic E-state index is -3.71. The second-order valence-corrected chi connectivity index (χ2v) is 12.7. The SMILES string of the molecule is C[C@H](CO)N1C[C@H](C)[C@@H](CN(C)S(=O)(=O)c2cccs2)Oc2ccc(NC(=O)Nc3ccccc3)cc2C1=O. The van der Waals surface area contributed by atoms with Crippen molar-refractivity contribution < 1.29 is 27.9 Å². The van der Waals surface area contributed by atoms with Crippen molar-refractivity contribution in [3.8, 4) is 5.75 Å². The van der Waals surface area contributed by atoms with Gasteiger partial charge in [0.05, 0.1) is 24.8 Å². The maximum Gasteiger partial charge on any atom is 0.323 e. The number of thiophene rings is 1. The molecule has 0 aliphatic carbocycles. The van der Waals surface area contributed by atoms with Crippen LogP contribution < -0.4 is 15.4 Å². The number of ether oxygens (including phenoxy) is 1. The number of amides is 3. The Hall–Kier alpha value is -3.45. The van der Waals surface area contributed by atoms with E-state index >= 15 is 0 Å². The van der Waals surface area contributed by atoms with Crippen molar-refractivity contribution in [1.29, 1.82) is 0 Å². The van der Waals surface area contributed by atoms with E-state index in [1.165, 1.54) is 17.4 Å². The molecule has 0 fully saturated rings. The van der Waals surface area contributed by atoms with Crippen molar-refractivity contribution in [2.45, 2.75) is 30.2 Å². The van der Waals surface area contributed by atoms with E-state index in [0.717, 1.165) is 11.3 Å². The molecule has 1 aromatic heterocycles. The van der Waals surface area contributed by atoms with E-state index in [9.17, 15) is 23.1 Å². The van der Waals surface area contributed by atoms with Crippen molar-refractivity contribution in [3.05, 3.63) is 71.6 Å². The molecule has 1 aliphatic heterocycles. The number of nitrogens with zero attached hydrogens (tertiary/aromatic N) is 2. The van der Waals surface area contributed by atoms with Gasteiger partial charge in [-0.15, -0.1) is 11.3 Å². The summed E-state index contributed by atoms with van der Waals surface area (Å²) < 4.78 is 33.9. The number of likely N-dealkylation sites (N-methyl/N-ethyl adjacent to an activating group) is 1. The van der Waals surface area contributed by atoms with Gasteiger partial charge in [-0.3, -0.25) is 4.79 Å². The first kappa shape index (κ1) is 28.6. The number of aliphatic hydroxyl groups excluding tert-OH is 1. The summed E-state index contributed by atoms with van der Waals surface area (Å²) in [4.78, 5) is 27.7. The molecule has 3 N–H and O–H groups in total. The lowest BCUT2D eigenvalue weighted by Gasteiger charge is -2.38. The van der Waals surface area contributed by atoms with Crippen molar-refractivity contribution in [2.24, 2.45) is 5.92 Å². The van der Waals surface area contributed by atoms with E-state index in [2.05, 4.69) is 10.6 Å². The largest absolute Gasteiger partial charge is 0.488 e. The molecule has 12 heteroatoms. The molecule has 0 saturated heterocycles. The van der Waals surface area contributed by atoms with Gasteiger partial charge in [0.1, 0.15) is 16.1 Å². The third kappa shape index (κ3) is 6.59. The number of nitrogens with one attached hydrogen (secondary N) is 2. The highest BCUT2D eigenvalue weighted by Crippen LogP contribution is 2.31. The smallest absolute Gasteiger partial charge is 0.323 e. The number of sulfonamides is 1. The summed E-state index contributed by atoms with van der Waals surface area (Å²) in [6.07, 6.45) is -0.592. The van der Waals surface area contributed by atoms with Crippen LogP contribution in [0.3, 0.4) is 0 Å². The standard InChI is InChI=1S/C27H32N4O6S2/c1-18-15-31(19(2)17-32)26(33)22-14-21(29-27(34)28-20-8-5-4-6-9-20)11-12-23(22)37-24(18)16-30(3)39(35,36)25-10-7-13-38-25/h4-14,18-19,24,32H,15-17H2,1-3H3,(H2,28,29,34)/t18-,19+,24+/m0/s1. The van der Waals surface area contributed by atoms with Gasteiger partial charge in [-0.2, -0.15) is 4.31 Å².